The molecule has 19 heavy (non-hydrogen) atoms. The quantitative estimate of drug-likeness (QED) is 0.738. The summed E-state index contributed by atoms with van der Waals surface area (Å²) in [6.45, 7) is 1.91. The van der Waals surface area contributed by atoms with Gasteiger partial charge in [-0.15, -0.1) is 0 Å². The van der Waals surface area contributed by atoms with Gasteiger partial charge in [-0.2, -0.15) is 4.98 Å². The van der Waals surface area contributed by atoms with E-state index in [1.165, 1.54) is 0 Å². The Morgan fingerprint density at radius 1 is 1.05 bits per heavy atom. The molecule has 3 rings (SSSR count). The molecule has 0 fully saturated rings. The summed E-state index contributed by atoms with van der Waals surface area (Å²) in [7, 11) is 0. The van der Waals surface area contributed by atoms with Crippen LogP contribution in [0.25, 0.3) is 23.1 Å². The zero-order valence-electron chi connectivity index (χ0n) is 10.1. The van der Waals surface area contributed by atoms with E-state index in [2.05, 4.69) is 25.1 Å². The predicted molar refractivity (Wildman–Crippen MR) is 67.7 cm³/mol. The fourth-order valence-electron chi connectivity index (χ4n) is 1.51. The molecular formula is C12H10N6O. The van der Waals surface area contributed by atoms with Crippen LogP contribution in [0.2, 0.25) is 0 Å². The van der Waals surface area contributed by atoms with Crippen LogP contribution in [0.5, 0.6) is 0 Å². The molecule has 0 amide bonds. The third-order valence-corrected chi connectivity index (χ3v) is 2.41. The van der Waals surface area contributed by atoms with Crippen molar-refractivity contribution in [1.29, 1.82) is 0 Å². The minimum Gasteiger partial charge on any atom is -0.397 e. The molecule has 0 aliphatic carbocycles. The summed E-state index contributed by atoms with van der Waals surface area (Å²) in [5.41, 5.74) is 7.81. The SMILES string of the molecule is Cc1cnc(-c2noc(-c3cncc(N)c3)n2)nc1. The van der Waals surface area contributed by atoms with E-state index in [0.29, 0.717) is 28.8 Å². The Labute approximate surface area is 108 Å². The van der Waals surface area contributed by atoms with Gasteiger partial charge in [0.05, 0.1) is 11.3 Å². The van der Waals surface area contributed by atoms with Crippen LogP contribution in [0.3, 0.4) is 0 Å². The normalized spacial score (nSPS) is 10.6. The van der Waals surface area contributed by atoms with Crippen LogP contribution in [0.15, 0.2) is 35.4 Å². The van der Waals surface area contributed by atoms with Crippen LogP contribution >= 0.6 is 0 Å². The van der Waals surface area contributed by atoms with Crippen molar-refractivity contribution >= 4 is 5.69 Å². The van der Waals surface area contributed by atoms with Gasteiger partial charge in [0.2, 0.25) is 11.6 Å². The molecule has 3 aromatic heterocycles. The number of hydrogen-bond acceptors (Lipinski definition) is 7. The zero-order chi connectivity index (χ0) is 13.2. The highest BCUT2D eigenvalue weighted by molar-refractivity contribution is 5.59. The highest BCUT2D eigenvalue weighted by Gasteiger charge is 2.12. The second-order valence-corrected chi connectivity index (χ2v) is 4.01. The number of anilines is 1. The topological polar surface area (TPSA) is 104 Å². The van der Waals surface area contributed by atoms with Gasteiger partial charge in [-0.05, 0) is 18.6 Å². The molecule has 3 aromatic rings. The first kappa shape index (κ1) is 11.3. The number of hydrogen-bond donors (Lipinski definition) is 1. The first-order valence-electron chi connectivity index (χ1n) is 5.56. The molecule has 7 nitrogen and oxygen atoms in total. The Balaban J connectivity index is 1.97. The fraction of sp³-hybridized carbons (Fsp3) is 0.0833. The van der Waals surface area contributed by atoms with E-state index in [-0.39, 0.29) is 0 Å². The molecule has 0 aromatic carbocycles. The Bertz CT molecular complexity index is 706. The fourth-order valence-corrected chi connectivity index (χ4v) is 1.51. The van der Waals surface area contributed by atoms with Crippen LogP contribution in [0.4, 0.5) is 5.69 Å². The largest absolute Gasteiger partial charge is 0.397 e. The molecule has 0 aliphatic heterocycles. The maximum Gasteiger partial charge on any atom is 0.259 e. The van der Waals surface area contributed by atoms with Crippen LogP contribution < -0.4 is 5.73 Å². The summed E-state index contributed by atoms with van der Waals surface area (Å²) in [5.74, 6) is 1.08. The Morgan fingerprint density at radius 2 is 1.84 bits per heavy atom. The van der Waals surface area contributed by atoms with Crippen molar-refractivity contribution in [2.75, 3.05) is 5.73 Å². The molecule has 0 spiro atoms. The number of pyridine rings is 1. The number of rotatable bonds is 2. The second kappa shape index (κ2) is 4.45. The molecule has 0 radical (unpaired) electrons. The van der Waals surface area contributed by atoms with Gasteiger partial charge in [-0.1, -0.05) is 5.16 Å². The molecule has 94 valence electrons. The van der Waals surface area contributed by atoms with Gasteiger partial charge >= 0.3 is 0 Å². The standard InChI is InChI=1S/C12H10N6O/c1-7-3-15-10(16-4-7)11-17-12(19-18-11)8-2-9(13)6-14-5-8/h2-6H,13H2,1H3. The summed E-state index contributed by atoms with van der Waals surface area (Å²) in [5, 5.41) is 3.84. The van der Waals surface area contributed by atoms with Crippen molar-refractivity contribution in [3.8, 4) is 23.1 Å². The molecule has 0 atom stereocenters. The van der Waals surface area contributed by atoms with E-state index in [9.17, 15) is 0 Å². The van der Waals surface area contributed by atoms with Crippen molar-refractivity contribution < 1.29 is 4.52 Å². The highest BCUT2D eigenvalue weighted by atomic mass is 16.5. The molecule has 2 N–H and O–H groups in total. The number of aryl methyl sites for hydroxylation is 1. The van der Waals surface area contributed by atoms with E-state index in [1.54, 1.807) is 30.9 Å². The average molecular weight is 254 g/mol. The zero-order valence-corrected chi connectivity index (χ0v) is 10.1. The highest BCUT2D eigenvalue weighted by Crippen LogP contribution is 2.20. The lowest BCUT2D eigenvalue weighted by atomic mass is 10.2. The monoisotopic (exact) mass is 254 g/mol. The van der Waals surface area contributed by atoms with Crippen molar-refractivity contribution in [2.24, 2.45) is 0 Å². The van der Waals surface area contributed by atoms with Gasteiger partial charge in [-0.3, -0.25) is 4.98 Å². The maximum atomic E-state index is 5.65. The molecule has 0 bridgehead atoms. The van der Waals surface area contributed by atoms with E-state index in [0.717, 1.165) is 5.56 Å². The van der Waals surface area contributed by atoms with Crippen molar-refractivity contribution in [3.05, 3.63) is 36.4 Å². The predicted octanol–water partition coefficient (Wildman–Crippen LogP) is 1.48. The van der Waals surface area contributed by atoms with E-state index in [4.69, 9.17) is 10.3 Å². The third kappa shape index (κ3) is 2.25. The van der Waals surface area contributed by atoms with Gasteiger partial charge in [0.25, 0.3) is 5.89 Å². The summed E-state index contributed by atoms with van der Waals surface area (Å²) in [6.07, 6.45) is 6.54. The summed E-state index contributed by atoms with van der Waals surface area (Å²) >= 11 is 0. The Kier molecular flexibility index (Phi) is 2.64. The minimum atomic E-state index is 0.331. The van der Waals surface area contributed by atoms with Crippen molar-refractivity contribution in [1.82, 2.24) is 25.1 Å². The number of nitrogen functional groups attached to an aromatic ring is 1. The number of aromatic nitrogens is 5. The van der Waals surface area contributed by atoms with Gasteiger partial charge in [0.1, 0.15) is 0 Å². The molecule has 0 saturated carbocycles. The Hall–Kier alpha value is -2.83. The molecule has 0 saturated heterocycles. The molecule has 3 heterocycles. The van der Waals surface area contributed by atoms with Gasteiger partial charge in [0.15, 0.2) is 0 Å². The third-order valence-electron chi connectivity index (χ3n) is 2.41. The first-order valence-corrected chi connectivity index (χ1v) is 5.56. The van der Waals surface area contributed by atoms with Crippen LogP contribution in [0.1, 0.15) is 5.56 Å². The lowest BCUT2D eigenvalue weighted by Crippen LogP contribution is -1.91. The number of nitrogens with zero attached hydrogens (tertiary/aromatic N) is 5. The lowest BCUT2D eigenvalue weighted by molar-refractivity contribution is 0.431. The minimum absolute atomic E-state index is 0.331. The van der Waals surface area contributed by atoms with Gasteiger partial charge in [0, 0.05) is 24.8 Å². The molecule has 0 aliphatic rings. The summed E-state index contributed by atoms with van der Waals surface area (Å²) in [4.78, 5) is 16.5. The molecular weight excluding hydrogens is 244 g/mol. The second-order valence-electron chi connectivity index (χ2n) is 4.01. The Morgan fingerprint density at radius 3 is 2.58 bits per heavy atom. The van der Waals surface area contributed by atoms with Crippen molar-refractivity contribution in [3.63, 3.8) is 0 Å². The average Bonchev–Trinajstić information content (AvgIpc) is 2.89. The van der Waals surface area contributed by atoms with E-state index >= 15 is 0 Å². The molecule has 7 heteroatoms. The summed E-state index contributed by atoms with van der Waals surface area (Å²) < 4.78 is 5.15. The van der Waals surface area contributed by atoms with Crippen LogP contribution in [-0.2, 0) is 0 Å². The van der Waals surface area contributed by atoms with E-state index < -0.39 is 0 Å². The van der Waals surface area contributed by atoms with Crippen LogP contribution in [-0.4, -0.2) is 25.1 Å². The van der Waals surface area contributed by atoms with Crippen LogP contribution in [0, 0.1) is 6.92 Å². The van der Waals surface area contributed by atoms with Crippen molar-refractivity contribution in [2.45, 2.75) is 6.92 Å². The smallest absolute Gasteiger partial charge is 0.259 e. The summed E-state index contributed by atoms with van der Waals surface area (Å²) in [6, 6.07) is 1.71. The number of nitrogens with two attached hydrogens (primary N) is 1. The van der Waals surface area contributed by atoms with E-state index in [1.807, 2.05) is 6.92 Å². The first-order chi connectivity index (χ1) is 9.22. The molecule has 0 unspecified atom stereocenters. The van der Waals surface area contributed by atoms with Gasteiger partial charge < -0.3 is 10.3 Å². The lowest BCUT2D eigenvalue weighted by Gasteiger charge is -1.94. The maximum absolute atomic E-state index is 5.65. The van der Waals surface area contributed by atoms with Gasteiger partial charge in [-0.25, -0.2) is 9.97 Å².